The monoisotopic (exact) mass is 519 g/mol. The SMILES string of the molecule is CCOc1cc(/C=C2/SC(=O)N(Cc3ccccc3Cl)C2=O)ccc1Oc1nc(Cl)ncc1F. The third kappa shape index (κ3) is 5.32. The molecule has 2 amide bonds. The molecule has 1 fully saturated rings. The minimum atomic E-state index is -0.789. The quantitative estimate of drug-likeness (QED) is 0.265. The summed E-state index contributed by atoms with van der Waals surface area (Å²) in [7, 11) is 0. The number of aromatic nitrogens is 2. The lowest BCUT2D eigenvalue weighted by atomic mass is 10.1. The third-order valence-electron chi connectivity index (χ3n) is 4.61. The first kappa shape index (κ1) is 24.0. The first-order chi connectivity index (χ1) is 16.4. The smallest absolute Gasteiger partial charge is 0.293 e. The van der Waals surface area contributed by atoms with Gasteiger partial charge < -0.3 is 9.47 Å². The van der Waals surface area contributed by atoms with Crippen molar-refractivity contribution in [3.05, 3.63) is 80.8 Å². The van der Waals surface area contributed by atoms with Gasteiger partial charge in [-0.15, -0.1) is 0 Å². The Morgan fingerprint density at radius 2 is 1.94 bits per heavy atom. The Kier molecular flexibility index (Phi) is 7.35. The van der Waals surface area contributed by atoms with E-state index in [1.165, 1.54) is 0 Å². The molecule has 1 aliphatic heterocycles. The average Bonchev–Trinajstić information content (AvgIpc) is 3.07. The Morgan fingerprint density at radius 3 is 2.71 bits per heavy atom. The Balaban J connectivity index is 1.58. The summed E-state index contributed by atoms with van der Waals surface area (Å²) in [6.07, 6.45) is 2.48. The van der Waals surface area contributed by atoms with Crippen LogP contribution in [0.1, 0.15) is 18.1 Å². The number of hydrogen-bond donors (Lipinski definition) is 0. The normalized spacial score (nSPS) is 14.7. The van der Waals surface area contributed by atoms with Crippen LogP contribution < -0.4 is 9.47 Å². The highest BCUT2D eigenvalue weighted by Gasteiger charge is 2.35. The number of carbonyl (C=O) groups is 2. The summed E-state index contributed by atoms with van der Waals surface area (Å²) in [5, 5.41) is -0.0837. The van der Waals surface area contributed by atoms with Crippen LogP contribution in [-0.2, 0) is 11.3 Å². The highest BCUT2D eigenvalue weighted by Crippen LogP contribution is 2.37. The molecule has 2 aromatic carbocycles. The molecule has 0 saturated carbocycles. The summed E-state index contributed by atoms with van der Waals surface area (Å²) in [6, 6.07) is 11.8. The van der Waals surface area contributed by atoms with Gasteiger partial charge in [0.25, 0.3) is 17.0 Å². The first-order valence-corrected chi connectivity index (χ1v) is 11.5. The van der Waals surface area contributed by atoms with Crippen molar-refractivity contribution >= 4 is 52.2 Å². The van der Waals surface area contributed by atoms with Crippen molar-refractivity contribution in [3.8, 4) is 17.4 Å². The Labute approximate surface area is 208 Å². The van der Waals surface area contributed by atoms with Gasteiger partial charge in [0, 0.05) is 5.02 Å². The molecule has 0 aliphatic carbocycles. The number of carbonyl (C=O) groups excluding carboxylic acids is 2. The second kappa shape index (κ2) is 10.4. The number of amides is 2. The van der Waals surface area contributed by atoms with Gasteiger partial charge in [-0.1, -0.05) is 35.9 Å². The van der Waals surface area contributed by atoms with Crippen LogP contribution in [0, 0.1) is 5.82 Å². The lowest BCUT2D eigenvalue weighted by molar-refractivity contribution is -0.123. The van der Waals surface area contributed by atoms with Gasteiger partial charge in [0.15, 0.2) is 11.5 Å². The lowest BCUT2D eigenvalue weighted by Crippen LogP contribution is -2.27. The highest BCUT2D eigenvalue weighted by atomic mass is 35.5. The number of rotatable bonds is 7. The summed E-state index contributed by atoms with van der Waals surface area (Å²) in [6.45, 7) is 2.16. The fraction of sp³-hybridized carbons (Fsp3) is 0.130. The molecular weight excluding hydrogens is 504 g/mol. The van der Waals surface area contributed by atoms with Crippen LogP contribution in [0.2, 0.25) is 10.3 Å². The van der Waals surface area contributed by atoms with Crippen molar-refractivity contribution in [2.24, 2.45) is 0 Å². The molecule has 4 rings (SSSR count). The first-order valence-electron chi connectivity index (χ1n) is 9.97. The van der Waals surface area contributed by atoms with Gasteiger partial charge >= 0.3 is 0 Å². The van der Waals surface area contributed by atoms with Crippen LogP contribution in [0.25, 0.3) is 6.08 Å². The number of hydrogen-bond acceptors (Lipinski definition) is 7. The second-order valence-electron chi connectivity index (χ2n) is 6.89. The molecule has 2 heterocycles. The van der Waals surface area contributed by atoms with E-state index in [4.69, 9.17) is 32.7 Å². The van der Waals surface area contributed by atoms with Gasteiger partial charge in [-0.05, 0) is 65.7 Å². The number of benzene rings is 2. The minimum Gasteiger partial charge on any atom is -0.490 e. The van der Waals surface area contributed by atoms with Crippen LogP contribution in [0.5, 0.6) is 17.4 Å². The summed E-state index contributed by atoms with van der Waals surface area (Å²) in [4.78, 5) is 34.0. The van der Waals surface area contributed by atoms with Crippen LogP contribution in [0.3, 0.4) is 0 Å². The zero-order valence-electron chi connectivity index (χ0n) is 17.6. The van der Waals surface area contributed by atoms with Crippen molar-refractivity contribution in [2.45, 2.75) is 13.5 Å². The van der Waals surface area contributed by atoms with Crippen LogP contribution >= 0.6 is 35.0 Å². The molecule has 1 aliphatic rings. The summed E-state index contributed by atoms with van der Waals surface area (Å²) in [5.41, 5.74) is 1.25. The molecule has 0 bridgehead atoms. The molecule has 174 valence electrons. The number of imide groups is 1. The van der Waals surface area contributed by atoms with Crippen LogP contribution in [0.15, 0.2) is 53.6 Å². The second-order valence-corrected chi connectivity index (χ2v) is 8.63. The maximum absolute atomic E-state index is 14.0. The van der Waals surface area contributed by atoms with Crippen molar-refractivity contribution in [1.29, 1.82) is 0 Å². The Morgan fingerprint density at radius 1 is 1.15 bits per heavy atom. The molecule has 0 unspecified atom stereocenters. The standard InChI is InChI=1S/C23H16Cl2FN3O4S/c1-2-32-18-9-13(7-8-17(18)33-20-16(26)11-27-22(25)28-20)10-19-21(30)29(23(31)34-19)12-14-5-3-4-6-15(14)24/h3-11H,2,12H2,1H3/b19-10+. The predicted octanol–water partition coefficient (Wildman–Crippen LogP) is 6.35. The molecule has 1 aromatic heterocycles. The number of nitrogens with zero attached hydrogens (tertiary/aromatic N) is 3. The summed E-state index contributed by atoms with van der Waals surface area (Å²) >= 11 is 12.7. The molecular formula is C23H16Cl2FN3O4S. The molecule has 7 nitrogen and oxygen atoms in total. The van der Waals surface area contributed by atoms with E-state index < -0.39 is 17.0 Å². The highest BCUT2D eigenvalue weighted by molar-refractivity contribution is 8.18. The number of thioether (sulfide) groups is 1. The van der Waals surface area contributed by atoms with E-state index >= 15 is 0 Å². The molecule has 11 heteroatoms. The van der Waals surface area contributed by atoms with Gasteiger partial charge in [-0.25, -0.2) is 4.98 Å². The maximum Gasteiger partial charge on any atom is 0.293 e. The Bertz CT molecular complexity index is 1300. The zero-order valence-corrected chi connectivity index (χ0v) is 20.0. The van der Waals surface area contributed by atoms with Gasteiger partial charge in [0.2, 0.25) is 11.1 Å². The van der Waals surface area contributed by atoms with E-state index in [1.54, 1.807) is 55.5 Å². The van der Waals surface area contributed by atoms with Crippen molar-refractivity contribution in [2.75, 3.05) is 6.61 Å². The topological polar surface area (TPSA) is 81.6 Å². The summed E-state index contributed by atoms with van der Waals surface area (Å²) in [5.74, 6) is -1.08. The van der Waals surface area contributed by atoms with Crippen molar-refractivity contribution in [1.82, 2.24) is 14.9 Å². The van der Waals surface area contributed by atoms with E-state index in [9.17, 15) is 14.0 Å². The van der Waals surface area contributed by atoms with E-state index in [-0.39, 0.29) is 28.4 Å². The van der Waals surface area contributed by atoms with Gasteiger partial charge in [0.1, 0.15) is 0 Å². The van der Waals surface area contributed by atoms with Gasteiger partial charge in [-0.3, -0.25) is 14.5 Å². The van der Waals surface area contributed by atoms with Crippen LogP contribution in [0.4, 0.5) is 9.18 Å². The van der Waals surface area contributed by atoms with Crippen molar-refractivity contribution < 1.29 is 23.5 Å². The van der Waals surface area contributed by atoms with Gasteiger partial charge in [-0.2, -0.15) is 9.37 Å². The number of halogens is 3. The molecule has 34 heavy (non-hydrogen) atoms. The average molecular weight is 520 g/mol. The van der Waals surface area contributed by atoms with E-state index in [1.807, 2.05) is 0 Å². The van der Waals surface area contributed by atoms with Gasteiger partial charge in [0.05, 0.1) is 24.3 Å². The molecule has 0 spiro atoms. The number of ether oxygens (including phenoxy) is 2. The Hall–Kier alpha value is -3.14. The van der Waals surface area contributed by atoms with E-state index in [2.05, 4.69) is 9.97 Å². The zero-order chi connectivity index (χ0) is 24.2. The molecule has 3 aromatic rings. The van der Waals surface area contributed by atoms with Crippen molar-refractivity contribution in [3.63, 3.8) is 0 Å². The maximum atomic E-state index is 14.0. The molecule has 0 N–H and O–H groups in total. The third-order valence-corrected chi connectivity index (χ3v) is 6.07. The fourth-order valence-corrected chi connectivity index (χ4v) is 4.22. The predicted molar refractivity (Wildman–Crippen MR) is 128 cm³/mol. The minimum absolute atomic E-state index is 0.0751. The lowest BCUT2D eigenvalue weighted by Gasteiger charge is -2.13. The van der Waals surface area contributed by atoms with Crippen LogP contribution in [-0.4, -0.2) is 32.6 Å². The molecule has 0 radical (unpaired) electrons. The molecule has 0 atom stereocenters. The fourth-order valence-electron chi connectivity index (χ4n) is 3.06. The molecule has 1 saturated heterocycles. The van der Waals surface area contributed by atoms with E-state index in [0.717, 1.165) is 22.9 Å². The largest absolute Gasteiger partial charge is 0.490 e. The summed E-state index contributed by atoms with van der Waals surface area (Å²) < 4.78 is 25.1. The van der Waals surface area contributed by atoms with E-state index in [0.29, 0.717) is 28.5 Å².